The lowest BCUT2D eigenvalue weighted by Gasteiger charge is -2.08. The van der Waals surface area contributed by atoms with Gasteiger partial charge >= 0.3 is 0 Å². The second kappa shape index (κ2) is 6.00. The van der Waals surface area contributed by atoms with Crippen LogP contribution in [-0.2, 0) is 6.61 Å². The smallest absolute Gasteiger partial charge is 0.170 e. The van der Waals surface area contributed by atoms with Gasteiger partial charge in [0.25, 0.3) is 0 Å². The van der Waals surface area contributed by atoms with Gasteiger partial charge in [-0.2, -0.15) is 0 Å². The number of nitrogens with two attached hydrogens (primary N) is 1. The van der Waals surface area contributed by atoms with Gasteiger partial charge < -0.3 is 10.5 Å². The Morgan fingerprint density at radius 2 is 1.71 bits per heavy atom. The molecule has 118 valence electrons. The van der Waals surface area contributed by atoms with Crippen molar-refractivity contribution in [3.8, 4) is 11.4 Å². The van der Waals surface area contributed by atoms with Crippen molar-refractivity contribution >= 4 is 17.0 Å². The summed E-state index contributed by atoms with van der Waals surface area (Å²) < 4.78 is 7.67. The number of aromatic nitrogens is 4. The number of fused-ring (bicyclic) bond motifs is 1. The third-order valence-corrected chi connectivity index (χ3v) is 3.72. The first-order valence-corrected chi connectivity index (χ1v) is 7.52. The first kappa shape index (κ1) is 14.2. The van der Waals surface area contributed by atoms with E-state index in [0.717, 1.165) is 17.0 Å². The van der Waals surface area contributed by atoms with Crippen LogP contribution in [0.5, 0.6) is 5.75 Å². The summed E-state index contributed by atoms with van der Waals surface area (Å²) in [6.45, 7) is 0.540. The maximum atomic E-state index is 5.82. The molecule has 0 atom stereocenters. The molecule has 2 aromatic heterocycles. The van der Waals surface area contributed by atoms with Gasteiger partial charge in [-0.25, -0.2) is 15.0 Å². The molecule has 0 spiro atoms. The number of nitrogens with zero attached hydrogens (tertiary/aromatic N) is 4. The number of hydrogen-bond donors (Lipinski definition) is 1. The Bertz CT molecular complexity index is 964. The minimum absolute atomic E-state index is 0.376. The van der Waals surface area contributed by atoms with Gasteiger partial charge in [0, 0.05) is 5.69 Å². The summed E-state index contributed by atoms with van der Waals surface area (Å²) in [6.07, 6.45) is 3.13. The van der Waals surface area contributed by atoms with Crippen LogP contribution in [0.15, 0.2) is 67.3 Å². The highest BCUT2D eigenvalue weighted by atomic mass is 16.5. The highest BCUT2D eigenvalue weighted by molar-refractivity contribution is 5.82. The van der Waals surface area contributed by atoms with E-state index in [1.54, 1.807) is 6.33 Å². The Balaban J connectivity index is 1.56. The fraction of sp³-hybridized carbons (Fsp3) is 0.0556. The highest BCUT2D eigenvalue weighted by Crippen LogP contribution is 2.21. The monoisotopic (exact) mass is 317 g/mol. The molecule has 0 radical (unpaired) electrons. The fourth-order valence-electron chi connectivity index (χ4n) is 2.49. The fourth-order valence-corrected chi connectivity index (χ4v) is 2.49. The molecule has 4 aromatic rings. The van der Waals surface area contributed by atoms with Crippen LogP contribution in [0.2, 0.25) is 0 Å². The number of nitrogen functional groups attached to an aromatic ring is 1. The van der Waals surface area contributed by atoms with E-state index in [0.29, 0.717) is 23.6 Å². The molecule has 6 heteroatoms. The molecule has 0 unspecified atom stereocenters. The zero-order chi connectivity index (χ0) is 16.4. The lowest BCUT2D eigenvalue weighted by atomic mass is 10.2. The second-order valence-electron chi connectivity index (χ2n) is 5.31. The molecule has 6 nitrogen and oxygen atoms in total. The SMILES string of the molecule is Nc1ncnc2c1ncn2-c1ccc(OCc2ccccc2)cc1. The maximum absolute atomic E-state index is 5.82. The van der Waals surface area contributed by atoms with Gasteiger partial charge in [0.2, 0.25) is 0 Å². The predicted molar refractivity (Wildman–Crippen MR) is 91.8 cm³/mol. The Hall–Kier alpha value is -3.41. The highest BCUT2D eigenvalue weighted by Gasteiger charge is 2.09. The first-order chi connectivity index (χ1) is 11.8. The van der Waals surface area contributed by atoms with Crippen LogP contribution < -0.4 is 10.5 Å². The summed E-state index contributed by atoms with van der Waals surface area (Å²) in [5.41, 5.74) is 9.17. The van der Waals surface area contributed by atoms with Crippen molar-refractivity contribution in [2.75, 3.05) is 5.73 Å². The average molecular weight is 317 g/mol. The van der Waals surface area contributed by atoms with Crippen LogP contribution in [0.3, 0.4) is 0 Å². The van der Waals surface area contributed by atoms with Crippen molar-refractivity contribution in [1.29, 1.82) is 0 Å². The summed E-state index contributed by atoms with van der Waals surface area (Å²) in [6, 6.07) is 17.8. The Kier molecular flexibility index (Phi) is 3.55. The van der Waals surface area contributed by atoms with Crippen molar-refractivity contribution < 1.29 is 4.74 Å². The first-order valence-electron chi connectivity index (χ1n) is 7.52. The van der Waals surface area contributed by atoms with E-state index >= 15 is 0 Å². The molecule has 0 saturated heterocycles. The van der Waals surface area contributed by atoms with Crippen LogP contribution in [0.4, 0.5) is 5.82 Å². The van der Waals surface area contributed by atoms with Crippen LogP contribution in [0.1, 0.15) is 5.56 Å². The van der Waals surface area contributed by atoms with Crippen LogP contribution in [0.25, 0.3) is 16.9 Å². The van der Waals surface area contributed by atoms with E-state index < -0.39 is 0 Å². The van der Waals surface area contributed by atoms with Crippen molar-refractivity contribution in [3.63, 3.8) is 0 Å². The second-order valence-corrected chi connectivity index (χ2v) is 5.31. The lowest BCUT2D eigenvalue weighted by molar-refractivity contribution is 0.306. The molecule has 0 aliphatic carbocycles. The molecule has 4 rings (SSSR count). The van der Waals surface area contributed by atoms with Gasteiger partial charge in [-0.15, -0.1) is 0 Å². The van der Waals surface area contributed by atoms with Crippen molar-refractivity contribution in [2.24, 2.45) is 0 Å². The van der Waals surface area contributed by atoms with Crippen LogP contribution >= 0.6 is 0 Å². The Labute approximate surface area is 138 Å². The van der Waals surface area contributed by atoms with E-state index in [2.05, 4.69) is 15.0 Å². The molecule has 0 aliphatic rings. The van der Waals surface area contributed by atoms with Crippen molar-refractivity contribution in [1.82, 2.24) is 19.5 Å². The summed E-state index contributed by atoms with van der Waals surface area (Å²) >= 11 is 0. The summed E-state index contributed by atoms with van der Waals surface area (Å²) in [7, 11) is 0. The zero-order valence-corrected chi connectivity index (χ0v) is 12.8. The van der Waals surface area contributed by atoms with E-state index in [-0.39, 0.29) is 0 Å². The topological polar surface area (TPSA) is 78.9 Å². The molecule has 0 fully saturated rings. The van der Waals surface area contributed by atoms with E-state index in [1.165, 1.54) is 6.33 Å². The quantitative estimate of drug-likeness (QED) is 0.626. The van der Waals surface area contributed by atoms with Crippen LogP contribution in [-0.4, -0.2) is 19.5 Å². The van der Waals surface area contributed by atoms with E-state index in [1.807, 2.05) is 59.2 Å². The molecular formula is C18H15N5O. The summed E-state index contributed by atoms with van der Waals surface area (Å²) in [5, 5.41) is 0. The summed E-state index contributed by atoms with van der Waals surface area (Å²) in [4.78, 5) is 12.5. The molecule has 0 amide bonds. The van der Waals surface area contributed by atoms with Gasteiger partial charge in [-0.3, -0.25) is 4.57 Å². The molecule has 24 heavy (non-hydrogen) atoms. The molecule has 0 bridgehead atoms. The number of benzene rings is 2. The molecule has 2 N–H and O–H groups in total. The van der Waals surface area contributed by atoms with Gasteiger partial charge in [0.05, 0.1) is 0 Å². The van der Waals surface area contributed by atoms with E-state index in [9.17, 15) is 0 Å². The Morgan fingerprint density at radius 1 is 0.917 bits per heavy atom. The average Bonchev–Trinajstić information content (AvgIpc) is 3.07. The minimum Gasteiger partial charge on any atom is -0.489 e. The molecule has 2 heterocycles. The predicted octanol–water partition coefficient (Wildman–Crippen LogP) is 2.98. The zero-order valence-electron chi connectivity index (χ0n) is 12.8. The van der Waals surface area contributed by atoms with Crippen molar-refractivity contribution in [3.05, 3.63) is 72.8 Å². The maximum Gasteiger partial charge on any atom is 0.170 e. The van der Waals surface area contributed by atoms with Crippen LogP contribution in [0, 0.1) is 0 Å². The van der Waals surface area contributed by atoms with Gasteiger partial charge in [-0.1, -0.05) is 30.3 Å². The molecular weight excluding hydrogens is 302 g/mol. The molecule has 0 aliphatic heterocycles. The third-order valence-electron chi connectivity index (χ3n) is 3.72. The standard InChI is InChI=1S/C18H15N5O/c19-17-16-18(21-11-20-17)23(12-22-16)14-6-8-15(9-7-14)24-10-13-4-2-1-3-5-13/h1-9,11-12H,10H2,(H2,19,20,21). The lowest BCUT2D eigenvalue weighted by Crippen LogP contribution is -1.98. The largest absolute Gasteiger partial charge is 0.489 e. The number of hydrogen-bond acceptors (Lipinski definition) is 5. The Morgan fingerprint density at radius 3 is 2.50 bits per heavy atom. The van der Waals surface area contributed by atoms with E-state index in [4.69, 9.17) is 10.5 Å². The molecule has 2 aromatic carbocycles. The third kappa shape index (κ3) is 2.65. The summed E-state index contributed by atoms with van der Waals surface area (Å²) in [5.74, 6) is 1.18. The number of anilines is 1. The number of ether oxygens (including phenoxy) is 1. The number of imidazole rings is 1. The van der Waals surface area contributed by atoms with Crippen molar-refractivity contribution in [2.45, 2.75) is 6.61 Å². The number of rotatable bonds is 4. The molecule has 0 saturated carbocycles. The normalized spacial score (nSPS) is 10.8. The minimum atomic E-state index is 0.376. The van der Waals surface area contributed by atoms with Gasteiger partial charge in [0.15, 0.2) is 17.0 Å². The van der Waals surface area contributed by atoms with Gasteiger partial charge in [0.1, 0.15) is 25.0 Å². The van der Waals surface area contributed by atoms with Gasteiger partial charge in [-0.05, 0) is 29.8 Å².